The van der Waals surface area contributed by atoms with Gasteiger partial charge < -0.3 is 20.1 Å². The molecule has 0 aliphatic heterocycles. The molecule has 0 radical (unpaired) electrons. The van der Waals surface area contributed by atoms with Gasteiger partial charge in [-0.2, -0.15) is 8.78 Å². The van der Waals surface area contributed by atoms with Crippen molar-refractivity contribution >= 4 is 5.96 Å². The van der Waals surface area contributed by atoms with Crippen LogP contribution in [-0.2, 0) is 13.0 Å². The van der Waals surface area contributed by atoms with E-state index < -0.39 is 6.61 Å². The SMILES string of the molecule is CN=C(NCCc1cccc(OC)c1)NCc1ccccc1OC(F)F. The Morgan fingerprint density at radius 3 is 2.65 bits per heavy atom. The number of nitrogens with one attached hydrogen (secondary N) is 2. The van der Waals surface area contributed by atoms with Crippen molar-refractivity contribution in [1.82, 2.24) is 10.6 Å². The lowest BCUT2D eigenvalue weighted by Crippen LogP contribution is -2.37. The predicted octanol–water partition coefficient (Wildman–Crippen LogP) is 3.20. The number of halogens is 2. The van der Waals surface area contributed by atoms with E-state index in [1.807, 2.05) is 24.3 Å². The van der Waals surface area contributed by atoms with Gasteiger partial charge in [0.05, 0.1) is 7.11 Å². The van der Waals surface area contributed by atoms with Gasteiger partial charge in [0.2, 0.25) is 0 Å². The number of benzene rings is 2. The molecule has 0 amide bonds. The number of nitrogens with zero attached hydrogens (tertiary/aromatic N) is 1. The molecule has 2 aromatic rings. The number of alkyl halides is 2. The summed E-state index contributed by atoms with van der Waals surface area (Å²) in [5.74, 6) is 1.56. The number of aliphatic imine (C=N–C) groups is 1. The van der Waals surface area contributed by atoms with Gasteiger partial charge in [0, 0.05) is 25.7 Å². The van der Waals surface area contributed by atoms with Gasteiger partial charge in [0.1, 0.15) is 11.5 Å². The number of guanidine groups is 1. The summed E-state index contributed by atoms with van der Waals surface area (Å²) in [5.41, 5.74) is 1.77. The maximum Gasteiger partial charge on any atom is 0.387 e. The van der Waals surface area contributed by atoms with Crippen molar-refractivity contribution in [2.75, 3.05) is 20.7 Å². The fourth-order valence-electron chi connectivity index (χ4n) is 2.41. The van der Waals surface area contributed by atoms with Crippen LogP contribution in [0.25, 0.3) is 0 Å². The standard InChI is InChI=1S/C19H23F2N3O2/c1-22-19(23-11-10-14-6-5-8-16(12-14)25-2)24-13-15-7-3-4-9-17(15)26-18(20)21/h3-9,12,18H,10-11,13H2,1-2H3,(H2,22,23,24). The van der Waals surface area contributed by atoms with Crippen molar-refractivity contribution in [3.05, 3.63) is 59.7 Å². The summed E-state index contributed by atoms with van der Waals surface area (Å²) >= 11 is 0. The Kier molecular flexibility index (Phi) is 7.67. The Morgan fingerprint density at radius 1 is 1.12 bits per heavy atom. The molecule has 2 aromatic carbocycles. The second-order valence-electron chi connectivity index (χ2n) is 5.44. The highest BCUT2D eigenvalue weighted by Gasteiger charge is 2.09. The Hall–Kier alpha value is -2.83. The maximum atomic E-state index is 12.5. The predicted molar refractivity (Wildman–Crippen MR) is 98.0 cm³/mol. The van der Waals surface area contributed by atoms with E-state index >= 15 is 0 Å². The topological polar surface area (TPSA) is 54.9 Å². The molecular formula is C19H23F2N3O2. The second kappa shape index (κ2) is 10.2. The van der Waals surface area contributed by atoms with E-state index in [2.05, 4.69) is 20.4 Å². The lowest BCUT2D eigenvalue weighted by atomic mass is 10.1. The molecule has 26 heavy (non-hydrogen) atoms. The highest BCUT2D eigenvalue weighted by molar-refractivity contribution is 5.79. The minimum absolute atomic E-state index is 0.154. The summed E-state index contributed by atoms with van der Waals surface area (Å²) in [6.45, 7) is -1.86. The third-order valence-corrected chi connectivity index (χ3v) is 3.70. The normalized spacial score (nSPS) is 11.3. The highest BCUT2D eigenvalue weighted by Crippen LogP contribution is 2.19. The minimum Gasteiger partial charge on any atom is -0.497 e. The van der Waals surface area contributed by atoms with Crippen LogP contribution >= 0.6 is 0 Å². The fourth-order valence-corrected chi connectivity index (χ4v) is 2.41. The second-order valence-corrected chi connectivity index (χ2v) is 5.44. The average Bonchev–Trinajstić information content (AvgIpc) is 2.65. The quantitative estimate of drug-likeness (QED) is 0.559. The molecule has 0 spiro atoms. The van der Waals surface area contributed by atoms with Crippen molar-refractivity contribution in [3.63, 3.8) is 0 Å². The van der Waals surface area contributed by atoms with E-state index in [4.69, 9.17) is 4.74 Å². The molecule has 0 bridgehead atoms. The molecule has 5 nitrogen and oxygen atoms in total. The van der Waals surface area contributed by atoms with Gasteiger partial charge in [-0.1, -0.05) is 30.3 Å². The Balaban J connectivity index is 1.84. The van der Waals surface area contributed by atoms with Crippen molar-refractivity contribution < 1.29 is 18.3 Å². The molecule has 2 N–H and O–H groups in total. The lowest BCUT2D eigenvalue weighted by molar-refractivity contribution is -0.0504. The van der Waals surface area contributed by atoms with Gasteiger partial charge in [-0.05, 0) is 30.2 Å². The molecule has 0 saturated carbocycles. The first-order chi connectivity index (χ1) is 12.6. The zero-order valence-corrected chi connectivity index (χ0v) is 14.8. The fraction of sp³-hybridized carbons (Fsp3) is 0.316. The number of ether oxygens (including phenoxy) is 2. The molecule has 140 valence electrons. The van der Waals surface area contributed by atoms with Crippen molar-refractivity contribution in [2.45, 2.75) is 19.6 Å². The monoisotopic (exact) mass is 363 g/mol. The molecule has 0 atom stereocenters. The molecule has 7 heteroatoms. The van der Waals surface area contributed by atoms with Gasteiger partial charge in [0.15, 0.2) is 5.96 Å². The van der Waals surface area contributed by atoms with Crippen LogP contribution in [0.5, 0.6) is 11.5 Å². The van der Waals surface area contributed by atoms with Crippen LogP contribution in [0.3, 0.4) is 0 Å². The molecule has 0 aromatic heterocycles. The van der Waals surface area contributed by atoms with Gasteiger partial charge in [0.25, 0.3) is 0 Å². The van der Waals surface area contributed by atoms with Crippen LogP contribution in [0.15, 0.2) is 53.5 Å². The van der Waals surface area contributed by atoms with Gasteiger partial charge >= 0.3 is 6.61 Å². The van der Waals surface area contributed by atoms with Crippen molar-refractivity contribution in [1.29, 1.82) is 0 Å². The molecule has 0 fully saturated rings. The van der Waals surface area contributed by atoms with Crippen LogP contribution in [0.1, 0.15) is 11.1 Å². The molecule has 2 rings (SSSR count). The van der Waals surface area contributed by atoms with Gasteiger partial charge in [-0.3, -0.25) is 4.99 Å². The van der Waals surface area contributed by atoms with E-state index in [0.717, 1.165) is 17.7 Å². The van der Waals surface area contributed by atoms with Gasteiger partial charge in [-0.15, -0.1) is 0 Å². The summed E-state index contributed by atoms with van der Waals surface area (Å²) in [6.07, 6.45) is 0.795. The van der Waals surface area contributed by atoms with Crippen LogP contribution in [0.2, 0.25) is 0 Å². The number of para-hydroxylation sites is 1. The third-order valence-electron chi connectivity index (χ3n) is 3.70. The number of methoxy groups -OCH3 is 1. The molecule has 0 saturated heterocycles. The molecule has 0 aliphatic carbocycles. The Morgan fingerprint density at radius 2 is 1.92 bits per heavy atom. The van der Waals surface area contributed by atoms with Crippen molar-refractivity contribution in [2.24, 2.45) is 4.99 Å². The molecule has 0 unspecified atom stereocenters. The Bertz CT molecular complexity index is 723. The number of rotatable bonds is 8. The molecule has 0 heterocycles. The van der Waals surface area contributed by atoms with E-state index in [-0.39, 0.29) is 5.75 Å². The first-order valence-electron chi connectivity index (χ1n) is 8.22. The largest absolute Gasteiger partial charge is 0.497 e. The first kappa shape index (κ1) is 19.5. The summed E-state index contributed by atoms with van der Waals surface area (Å²) in [6, 6.07) is 14.5. The van der Waals surface area contributed by atoms with E-state index in [1.165, 1.54) is 6.07 Å². The van der Waals surface area contributed by atoms with Crippen LogP contribution < -0.4 is 20.1 Å². The van der Waals surface area contributed by atoms with E-state index in [0.29, 0.717) is 24.6 Å². The highest BCUT2D eigenvalue weighted by atomic mass is 19.3. The maximum absolute atomic E-state index is 12.5. The lowest BCUT2D eigenvalue weighted by Gasteiger charge is -2.14. The zero-order valence-electron chi connectivity index (χ0n) is 14.8. The summed E-state index contributed by atoms with van der Waals surface area (Å²) in [4.78, 5) is 4.14. The molecular weight excluding hydrogens is 340 g/mol. The number of hydrogen-bond donors (Lipinski definition) is 2. The minimum atomic E-state index is -2.85. The summed E-state index contributed by atoms with van der Waals surface area (Å²) < 4.78 is 34.7. The van der Waals surface area contributed by atoms with Crippen LogP contribution in [-0.4, -0.2) is 33.3 Å². The van der Waals surface area contributed by atoms with Crippen molar-refractivity contribution in [3.8, 4) is 11.5 Å². The molecule has 0 aliphatic rings. The zero-order chi connectivity index (χ0) is 18.8. The summed E-state index contributed by atoms with van der Waals surface area (Å²) in [7, 11) is 3.29. The number of hydrogen-bond acceptors (Lipinski definition) is 3. The Labute approximate surface area is 152 Å². The van der Waals surface area contributed by atoms with E-state index in [9.17, 15) is 8.78 Å². The van der Waals surface area contributed by atoms with Gasteiger partial charge in [-0.25, -0.2) is 0 Å². The summed E-state index contributed by atoms with van der Waals surface area (Å²) in [5, 5.41) is 6.29. The van der Waals surface area contributed by atoms with E-state index in [1.54, 1.807) is 32.4 Å². The van der Waals surface area contributed by atoms with Crippen LogP contribution in [0.4, 0.5) is 8.78 Å². The average molecular weight is 363 g/mol. The first-order valence-corrected chi connectivity index (χ1v) is 8.22. The third kappa shape index (κ3) is 6.23. The van der Waals surface area contributed by atoms with Crippen LogP contribution in [0, 0.1) is 0 Å². The smallest absolute Gasteiger partial charge is 0.387 e.